The maximum Gasteiger partial charge on any atom is 0.132 e. The van der Waals surface area contributed by atoms with Crippen LogP contribution in [0.5, 0.6) is 0 Å². The van der Waals surface area contributed by atoms with E-state index in [0.29, 0.717) is 0 Å². The van der Waals surface area contributed by atoms with Crippen molar-refractivity contribution < 1.29 is 0 Å². The van der Waals surface area contributed by atoms with Crippen molar-refractivity contribution in [2.24, 2.45) is 5.92 Å². The Hall–Kier alpha value is -0.640. The smallest absolute Gasteiger partial charge is 0.132 e. The summed E-state index contributed by atoms with van der Waals surface area (Å²) < 4.78 is 0. The number of aryl methyl sites for hydroxylation is 2. The third-order valence-electron chi connectivity index (χ3n) is 3.07. The summed E-state index contributed by atoms with van der Waals surface area (Å²) in [7, 11) is 0. The number of rotatable bonds is 3. The van der Waals surface area contributed by atoms with Crippen LogP contribution in [-0.4, -0.2) is 28.4 Å². The Labute approximate surface area is 105 Å². The SMILES string of the molecule is CCc1cc(N2CCC(CBr)C2)nc(C)n1. The number of hydrogen-bond donors (Lipinski definition) is 0. The average molecular weight is 284 g/mol. The summed E-state index contributed by atoms with van der Waals surface area (Å²) >= 11 is 3.56. The molecule has 0 radical (unpaired) electrons. The molecule has 0 aliphatic carbocycles. The van der Waals surface area contributed by atoms with Crippen molar-refractivity contribution in [1.29, 1.82) is 0 Å². The molecular weight excluding hydrogens is 266 g/mol. The summed E-state index contributed by atoms with van der Waals surface area (Å²) in [6, 6.07) is 2.13. The second kappa shape index (κ2) is 5.13. The van der Waals surface area contributed by atoms with E-state index < -0.39 is 0 Å². The topological polar surface area (TPSA) is 29.0 Å². The first kappa shape index (κ1) is 11.8. The molecule has 16 heavy (non-hydrogen) atoms. The van der Waals surface area contributed by atoms with Gasteiger partial charge in [-0.1, -0.05) is 22.9 Å². The lowest BCUT2D eigenvalue weighted by Gasteiger charge is -2.18. The van der Waals surface area contributed by atoms with Gasteiger partial charge in [-0.2, -0.15) is 0 Å². The largest absolute Gasteiger partial charge is 0.356 e. The van der Waals surface area contributed by atoms with Crippen LogP contribution in [0.4, 0.5) is 5.82 Å². The summed E-state index contributed by atoms with van der Waals surface area (Å²) in [6.07, 6.45) is 2.24. The zero-order chi connectivity index (χ0) is 11.5. The van der Waals surface area contributed by atoms with Gasteiger partial charge in [0.25, 0.3) is 0 Å². The van der Waals surface area contributed by atoms with Crippen LogP contribution in [0.25, 0.3) is 0 Å². The zero-order valence-electron chi connectivity index (χ0n) is 9.91. The lowest BCUT2D eigenvalue weighted by atomic mass is 10.2. The predicted molar refractivity (Wildman–Crippen MR) is 70.3 cm³/mol. The maximum absolute atomic E-state index is 4.53. The molecule has 88 valence electrons. The summed E-state index contributed by atoms with van der Waals surface area (Å²) in [5.41, 5.74) is 1.14. The normalized spacial score (nSPS) is 20.4. The molecule has 1 aliphatic heterocycles. The molecule has 0 N–H and O–H groups in total. The van der Waals surface area contributed by atoms with Crippen molar-refractivity contribution in [2.45, 2.75) is 26.7 Å². The van der Waals surface area contributed by atoms with Crippen LogP contribution < -0.4 is 4.90 Å². The van der Waals surface area contributed by atoms with Crippen molar-refractivity contribution in [3.8, 4) is 0 Å². The van der Waals surface area contributed by atoms with E-state index in [2.05, 4.69) is 43.8 Å². The van der Waals surface area contributed by atoms with E-state index >= 15 is 0 Å². The van der Waals surface area contributed by atoms with Gasteiger partial charge < -0.3 is 4.90 Å². The summed E-state index contributed by atoms with van der Waals surface area (Å²) in [6.45, 7) is 6.35. The second-order valence-electron chi connectivity index (χ2n) is 4.37. The van der Waals surface area contributed by atoms with Gasteiger partial charge in [0.05, 0.1) is 0 Å². The van der Waals surface area contributed by atoms with Crippen LogP contribution >= 0.6 is 15.9 Å². The first-order valence-electron chi connectivity index (χ1n) is 5.88. The zero-order valence-corrected chi connectivity index (χ0v) is 11.5. The standard InChI is InChI=1S/C12H18BrN3/c1-3-11-6-12(15-9(2)14-11)16-5-4-10(7-13)8-16/h6,10H,3-5,7-8H2,1-2H3. The van der Waals surface area contributed by atoms with Crippen LogP contribution in [0.3, 0.4) is 0 Å². The summed E-state index contributed by atoms with van der Waals surface area (Å²) in [5, 5.41) is 1.09. The highest BCUT2D eigenvalue weighted by atomic mass is 79.9. The number of aromatic nitrogens is 2. The number of hydrogen-bond acceptors (Lipinski definition) is 3. The minimum atomic E-state index is 0.764. The molecule has 1 aliphatic rings. The molecule has 2 rings (SSSR count). The molecule has 1 aromatic rings. The van der Waals surface area contributed by atoms with Crippen LogP contribution in [0.15, 0.2) is 6.07 Å². The van der Waals surface area contributed by atoms with E-state index in [9.17, 15) is 0 Å². The Bertz CT molecular complexity index is 367. The fourth-order valence-corrected chi connectivity index (χ4v) is 2.65. The van der Waals surface area contributed by atoms with Gasteiger partial charge in [-0.25, -0.2) is 9.97 Å². The molecule has 3 nitrogen and oxygen atoms in total. The number of anilines is 1. The Morgan fingerprint density at radius 3 is 2.94 bits per heavy atom. The highest BCUT2D eigenvalue weighted by molar-refractivity contribution is 9.09. The lowest BCUT2D eigenvalue weighted by molar-refractivity contribution is 0.675. The van der Waals surface area contributed by atoms with Crippen molar-refractivity contribution in [3.63, 3.8) is 0 Å². The molecule has 0 bridgehead atoms. The van der Waals surface area contributed by atoms with Gasteiger partial charge >= 0.3 is 0 Å². The number of alkyl halides is 1. The molecule has 0 amide bonds. The van der Waals surface area contributed by atoms with E-state index in [-0.39, 0.29) is 0 Å². The maximum atomic E-state index is 4.53. The van der Waals surface area contributed by atoms with Crippen LogP contribution in [0.2, 0.25) is 0 Å². The van der Waals surface area contributed by atoms with E-state index in [1.807, 2.05) is 6.92 Å². The number of nitrogens with zero attached hydrogens (tertiary/aromatic N) is 3. The first-order chi connectivity index (χ1) is 7.72. The quantitative estimate of drug-likeness (QED) is 0.799. The molecular formula is C12H18BrN3. The molecule has 0 aromatic carbocycles. The van der Waals surface area contributed by atoms with Gasteiger partial charge in [0.15, 0.2) is 0 Å². The Morgan fingerprint density at radius 2 is 2.31 bits per heavy atom. The van der Waals surface area contributed by atoms with Gasteiger partial charge in [-0.3, -0.25) is 0 Å². The molecule has 4 heteroatoms. The molecule has 0 saturated carbocycles. The van der Waals surface area contributed by atoms with Crippen LogP contribution in [-0.2, 0) is 6.42 Å². The van der Waals surface area contributed by atoms with Gasteiger partial charge in [0.2, 0.25) is 0 Å². The number of halogens is 1. The second-order valence-corrected chi connectivity index (χ2v) is 5.02. The first-order valence-corrected chi connectivity index (χ1v) is 7.00. The molecule has 2 heterocycles. The summed E-state index contributed by atoms with van der Waals surface area (Å²) in [4.78, 5) is 11.3. The molecule has 1 saturated heterocycles. The van der Waals surface area contributed by atoms with Crippen LogP contribution in [0, 0.1) is 12.8 Å². The third kappa shape index (κ3) is 2.54. The minimum Gasteiger partial charge on any atom is -0.356 e. The van der Waals surface area contributed by atoms with Crippen molar-refractivity contribution in [1.82, 2.24) is 9.97 Å². The monoisotopic (exact) mass is 283 g/mol. The van der Waals surface area contributed by atoms with Crippen molar-refractivity contribution in [2.75, 3.05) is 23.3 Å². The fraction of sp³-hybridized carbons (Fsp3) is 0.667. The van der Waals surface area contributed by atoms with Crippen molar-refractivity contribution in [3.05, 3.63) is 17.6 Å². The Balaban J connectivity index is 2.17. The van der Waals surface area contributed by atoms with E-state index in [4.69, 9.17) is 0 Å². The Morgan fingerprint density at radius 1 is 1.50 bits per heavy atom. The van der Waals surface area contributed by atoms with Gasteiger partial charge in [0, 0.05) is 30.2 Å². The van der Waals surface area contributed by atoms with Crippen LogP contribution in [0.1, 0.15) is 24.9 Å². The molecule has 1 aromatic heterocycles. The fourth-order valence-electron chi connectivity index (χ4n) is 2.12. The molecule has 1 fully saturated rings. The van der Waals surface area contributed by atoms with Gasteiger partial charge in [0.1, 0.15) is 11.6 Å². The molecule has 1 unspecified atom stereocenters. The summed E-state index contributed by atoms with van der Waals surface area (Å²) in [5.74, 6) is 2.75. The van der Waals surface area contributed by atoms with E-state index in [1.54, 1.807) is 0 Å². The Kier molecular flexibility index (Phi) is 3.79. The highest BCUT2D eigenvalue weighted by Gasteiger charge is 2.22. The predicted octanol–water partition coefficient (Wildman–Crippen LogP) is 2.57. The van der Waals surface area contributed by atoms with E-state index in [0.717, 1.165) is 48.1 Å². The van der Waals surface area contributed by atoms with Gasteiger partial charge in [-0.05, 0) is 25.7 Å². The molecule has 0 spiro atoms. The highest BCUT2D eigenvalue weighted by Crippen LogP contribution is 2.23. The van der Waals surface area contributed by atoms with Crippen molar-refractivity contribution >= 4 is 21.7 Å². The van der Waals surface area contributed by atoms with Gasteiger partial charge in [-0.15, -0.1) is 0 Å². The minimum absolute atomic E-state index is 0.764. The average Bonchev–Trinajstić information content (AvgIpc) is 2.76. The van der Waals surface area contributed by atoms with E-state index in [1.165, 1.54) is 6.42 Å². The molecule has 1 atom stereocenters. The third-order valence-corrected chi connectivity index (χ3v) is 3.98. The lowest BCUT2D eigenvalue weighted by Crippen LogP contribution is -2.22.